The fourth-order valence-corrected chi connectivity index (χ4v) is 1.27. The van der Waals surface area contributed by atoms with Gasteiger partial charge in [-0.05, 0) is 0 Å². The van der Waals surface area contributed by atoms with E-state index in [1.54, 1.807) is 6.33 Å². The molecule has 0 fully saturated rings. The van der Waals surface area contributed by atoms with E-state index >= 15 is 0 Å². The van der Waals surface area contributed by atoms with E-state index in [9.17, 15) is 0 Å². The van der Waals surface area contributed by atoms with E-state index in [1.165, 1.54) is 0 Å². The van der Waals surface area contributed by atoms with E-state index in [1.807, 2.05) is 0 Å². The minimum atomic E-state index is -0.134. The maximum Gasteiger partial charge on any atom is 0.196 e. The normalized spacial score (nSPS) is 21.9. The number of hydrogen-bond donors (Lipinski definition) is 4. The summed E-state index contributed by atoms with van der Waals surface area (Å²) in [6.07, 6.45) is 1.57. The Balaban J connectivity index is 2.51. The van der Waals surface area contributed by atoms with Gasteiger partial charge in [0.05, 0.1) is 12.0 Å². The Morgan fingerprint density at radius 3 is 3.27 bits per heavy atom. The molecule has 1 aliphatic heterocycles. The Morgan fingerprint density at radius 1 is 1.64 bits per heavy atom. The lowest BCUT2D eigenvalue weighted by Gasteiger charge is -2.16. The second kappa shape index (κ2) is 2.16. The third-order valence-electron chi connectivity index (χ3n) is 1.43. The van der Waals surface area contributed by atoms with E-state index < -0.39 is 0 Å². The van der Waals surface area contributed by atoms with E-state index in [2.05, 4.69) is 32.9 Å². The van der Waals surface area contributed by atoms with Crippen LogP contribution in [0.15, 0.2) is 11.3 Å². The van der Waals surface area contributed by atoms with Gasteiger partial charge in [0.15, 0.2) is 11.8 Å². The summed E-state index contributed by atoms with van der Waals surface area (Å²) in [5, 5.41) is 2.71. The van der Waals surface area contributed by atoms with Gasteiger partial charge in [0, 0.05) is 0 Å². The van der Waals surface area contributed by atoms with Gasteiger partial charge >= 0.3 is 0 Å². The third kappa shape index (κ3) is 0.949. The molecule has 0 saturated heterocycles. The van der Waals surface area contributed by atoms with Crippen LogP contribution in [0.1, 0.15) is 11.1 Å². The molecule has 0 radical (unpaired) electrons. The molecule has 1 atom stereocenters. The number of hydrogen-bond acceptors (Lipinski definition) is 5. The summed E-state index contributed by atoms with van der Waals surface area (Å²) < 4.78 is 0. The quantitative estimate of drug-likeness (QED) is 0.409. The molecular formula is C5H7N5S. The van der Waals surface area contributed by atoms with Crippen LogP contribution in [0.25, 0.3) is 0 Å². The number of aliphatic imine (C=N–C) groups is 1. The van der Waals surface area contributed by atoms with Crippen molar-refractivity contribution in [1.29, 1.82) is 0 Å². The number of H-pyrrole nitrogens is 1. The molecule has 0 aliphatic carbocycles. The largest absolute Gasteiger partial charge is 0.370 e. The molecule has 5 nitrogen and oxygen atoms in total. The molecule has 1 unspecified atom stereocenters. The summed E-state index contributed by atoms with van der Waals surface area (Å²) in [5.41, 5.74) is 6.28. The Labute approximate surface area is 68.5 Å². The standard InChI is InChI=1S/C5H7N5S/c6-5-9-3-2(4(11)10-5)7-1-8-3/h1,4,11H,(H,7,8)(H3,6,9,10). The van der Waals surface area contributed by atoms with Crippen molar-refractivity contribution < 1.29 is 0 Å². The summed E-state index contributed by atoms with van der Waals surface area (Å²) in [4.78, 5) is 10.8. The van der Waals surface area contributed by atoms with Gasteiger partial charge in [0.1, 0.15) is 5.37 Å². The minimum absolute atomic E-state index is 0.134. The first-order valence-electron chi connectivity index (χ1n) is 3.09. The first kappa shape index (κ1) is 6.53. The van der Waals surface area contributed by atoms with Crippen molar-refractivity contribution in [3.8, 4) is 0 Å². The van der Waals surface area contributed by atoms with E-state index in [4.69, 9.17) is 5.73 Å². The number of imidazole rings is 1. The zero-order valence-electron chi connectivity index (χ0n) is 5.57. The van der Waals surface area contributed by atoms with Crippen LogP contribution in [0.3, 0.4) is 0 Å². The first-order chi connectivity index (χ1) is 5.27. The molecule has 0 aromatic carbocycles. The van der Waals surface area contributed by atoms with E-state index in [-0.39, 0.29) is 5.37 Å². The van der Waals surface area contributed by atoms with Gasteiger partial charge in [0.2, 0.25) is 0 Å². The van der Waals surface area contributed by atoms with E-state index in [0.29, 0.717) is 11.8 Å². The lowest BCUT2D eigenvalue weighted by molar-refractivity contribution is 0.836. The average Bonchev–Trinajstić information content (AvgIpc) is 2.34. The number of aromatic nitrogens is 2. The number of nitrogens with one attached hydrogen (secondary N) is 2. The van der Waals surface area contributed by atoms with Crippen molar-refractivity contribution in [3.63, 3.8) is 0 Å². The zero-order valence-corrected chi connectivity index (χ0v) is 6.47. The molecule has 0 amide bonds. The van der Waals surface area contributed by atoms with Crippen molar-refractivity contribution in [2.45, 2.75) is 5.37 Å². The number of aromatic amines is 1. The molecule has 58 valence electrons. The predicted octanol–water partition coefficient (Wildman–Crippen LogP) is -0.113. The first-order valence-corrected chi connectivity index (χ1v) is 3.61. The molecule has 0 spiro atoms. The highest BCUT2D eigenvalue weighted by Crippen LogP contribution is 2.26. The van der Waals surface area contributed by atoms with Crippen LogP contribution in [0.2, 0.25) is 0 Å². The van der Waals surface area contributed by atoms with Crippen LogP contribution in [-0.2, 0) is 0 Å². The minimum Gasteiger partial charge on any atom is -0.370 e. The number of nitrogens with zero attached hydrogens (tertiary/aromatic N) is 2. The summed E-state index contributed by atoms with van der Waals surface area (Å²) >= 11 is 4.22. The molecule has 2 rings (SSSR count). The number of rotatable bonds is 0. The molecule has 11 heavy (non-hydrogen) atoms. The smallest absolute Gasteiger partial charge is 0.196 e. The molecule has 1 aromatic rings. The van der Waals surface area contributed by atoms with Crippen LogP contribution in [-0.4, -0.2) is 15.9 Å². The van der Waals surface area contributed by atoms with Gasteiger partial charge in [-0.15, -0.1) is 12.6 Å². The molecule has 0 bridgehead atoms. The lowest BCUT2D eigenvalue weighted by Crippen LogP contribution is -2.35. The van der Waals surface area contributed by atoms with Gasteiger partial charge in [-0.25, -0.2) is 4.98 Å². The molecule has 1 aromatic heterocycles. The predicted molar refractivity (Wildman–Crippen MR) is 44.7 cm³/mol. The second-order valence-electron chi connectivity index (χ2n) is 2.18. The van der Waals surface area contributed by atoms with Crippen LogP contribution in [0, 0.1) is 0 Å². The molecule has 2 heterocycles. The van der Waals surface area contributed by atoms with Gasteiger partial charge in [-0.2, -0.15) is 4.99 Å². The molecule has 0 saturated carbocycles. The fourth-order valence-electron chi connectivity index (χ4n) is 0.946. The lowest BCUT2D eigenvalue weighted by atomic mass is 10.4. The van der Waals surface area contributed by atoms with Crippen LogP contribution < -0.4 is 11.1 Å². The topological polar surface area (TPSA) is 79.1 Å². The SMILES string of the molecule is NC1=Nc2nc[nH]c2C(S)N1. The number of thiol groups is 1. The van der Waals surface area contributed by atoms with Crippen molar-refractivity contribution in [3.05, 3.63) is 12.0 Å². The molecule has 1 aliphatic rings. The number of fused-ring (bicyclic) bond motifs is 1. The Kier molecular flexibility index (Phi) is 1.28. The molecular weight excluding hydrogens is 162 g/mol. The van der Waals surface area contributed by atoms with Crippen molar-refractivity contribution in [1.82, 2.24) is 15.3 Å². The maximum absolute atomic E-state index is 5.44. The number of nitrogens with two attached hydrogens (primary N) is 1. The molecule has 4 N–H and O–H groups in total. The van der Waals surface area contributed by atoms with Gasteiger partial charge in [0.25, 0.3) is 0 Å². The molecule has 6 heteroatoms. The third-order valence-corrected chi connectivity index (χ3v) is 1.82. The number of guanidine groups is 1. The average molecular weight is 169 g/mol. The zero-order chi connectivity index (χ0) is 7.84. The van der Waals surface area contributed by atoms with Gasteiger partial charge in [-0.3, -0.25) is 0 Å². The summed E-state index contributed by atoms with van der Waals surface area (Å²) in [6.45, 7) is 0. The van der Waals surface area contributed by atoms with Crippen molar-refractivity contribution in [2.75, 3.05) is 0 Å². The van der Waals surface area contributed by atoms with Crippen molar-refractivity contribution >= 4 is 24.4 Å². The summed E-state index contributed by atoms with van der Waals surface area (Å²) in [5.74, 6) is 0.964. The Morgan fingerprint density at radius 2 is 2.45 bits per heavy atom. The highest BCUT2D eigenvalue weighted by Gasteiger charge is 2.18. The highest BCUT2D eigenvalue weighted by molar-refractivity contribution is 7.80. The Hall–Kier alpha value is -1.17. The fraction of sp³-hybridized carbons (Fsp3) is 0.200. The summed E-state index contributed by atoms with van der Waals surface area (Å²) in [7, 11) is 0. The van der Waals surface area contributed by atoms with Gasteiger partial charge in [-0.1, -0.05) is 0 Å². The van der Waals surface area contributed by atoms with Crippen LogP contribution in [0.5, 0.6) is 0 Å². The van der Waals surface area contributed by atoms with Gasteiger partial charge < -0.3 is 16.0 Å². The van der Waals surface area contributed by atoms with Crippen LogP contribution >= 0.6 is 12.6 Å². The second-order valence-corrected chi connectivity index (χ2v) is 2.70. The highest BCUT2D eigenvalue weighted by atomic mass is 32.1. The Bertz CT molecular complexity index is 304. The van der Waals surface area contributed by atoms with E-state index in [0.717, 1.165) is 5.69 Å². The maximum atomic E-state index is 5.44. The monoisotopic (exact) mass is 169 g/mol. The van der Waals surface area contributed by atoms with Crippen LogP contribution in [0.4, 0.5) is 5.82 Å². The van der Waals surface area contributed by atoms with Crippen molar-refractivity contribution in [2.24, 2.45) is 10.7 Å². The summed E-state index contributed by atoms with van der Waals surface area (Å²) in [6, 6.07) is 0.